The van der Waals surface area contributed by atoms with Crippen LogP contribution in [0.5, 0.6) is 0 Å². The van der Waals surface area contributed by atoms with Gasteiger partial charge in [-0.25, -0.2) is 4.39 Å². The van der Waals surface area contributed by atoms with Crippen molar-refractivity contribution in [1.82, 2.24) is 20.1 Å². The summed E-state index contributed by atoms with van der Waals surface area (Å²) in [5.74, 6) is 0.742. The van der Waals surface area contributed by atoms with E-state index in [2.05, 4.69) is 21.6 Å². The predicted octanol–water partition coefficient (Wildman–Crippen LogP) is 3.02. The molecule has 0 saturated carbocycles. The highest BCUT2D eigenvalue weighted by Gasteiger charge is 2.12. The summed E-state index contributed by atoms with van der Waals surface area (Å²) in [7, 11) is 1.90. The molecule has 0 aliphatic carbocycles. The van der Waals surface area contributed by atoms with Gasteiger partial charge >= 0.3 is 0 Å². The predicted molar refractivity (Wildman–Crippen MR) is 97.1 cm³/mol. The molecule has 1 N–H and O–H groups in total. The molecular formula is C17H17FN4OS2. The van der Waals surface area contributed by atoms with Crippen LogP contribution in [0.15, 0.2) is 46.9 Å². The molecule has 1 amide bonds. The molecular weight excluding hydrogens is 359 g/mol. The molecule has 5 nitrogen and oxygen atoms in total. The molecule has 1 aromatic carbocycles. The Balaban J connectivity index is 1.48. The monoisotopic (exact) mass is 376 g/mol. The highest BCUT2D eigenvalue weighted by Crippen LogP contribution is 2.19. The molecule has 0 spiro atoms. The first-order chi connectivity index (χ1) is 12.1. The number of thiophene rings is 1. The Morgan fingerprint density at radius 1 is 1.28 bits per heavy atom. The average molecular weight is 376 g/mol. The lowest BCUT2D eigenvalue weighted by molar-refractivity contribution is -0.118. The first-order valence-electron chi connectivity index (χ1n) is 7.66. The molecule has 0 fully saturated rings. The SMILES string of the molecule is Cn1c(Cc2cccs2)nnc1SCC(=O)NCc1ccc(F)cc1. The standard InChI is InChI=1S/C17H17FN4OS2/c1-22-15(9-14-3-2-8-24-14)20-21-17(22)25-11-16(23)19-10-12-4-6-13(18)7-5-12/h2-8H,9-11H2,1H3,(H,19,23). The highest BCUT2D eigenvalue weighted by molar-refractivity contribution is 7.99. The normalized spacial score (nSPS) is 10.8. The van der Waals surface area contributed by atoms with Crippen molar-refractivity contribution in [3.05, 3.63) is 63.9 Å². The van der Waals surface area contributed by atoms with E-state index in [4.69, 9.17) is 0 Å². The van der Waals surface area contributed by atoms with E-state index in [1.54, 1.807) is 23.5 Å². The zero-order chi connectivity index (χ0) is 17.6. The lowest BCUT2D eigenvalue weighted by Crippen LogP contribution is -2.24. The van der Waals surface area contributed by atoms with Gasteiger partial charge in [0.25, 0.3) is 0 Å². The van der Waals surface area contributed by atoms with E-state index in [0.29, 0.717) is 11.7 Å². The van der Waals surface area contributed by atoms with Gasteiger partial charge in [-0.2, -0.15) is 0 Å². The number of benzene rings is 1. The summed E-state index contributed by atoms with van der Waals surface area (Å²) in [6.45, 7) is 0.377. The third-order valence-electron chi connectivity index (χ3n) is 3.57. The van der Waals surface area contributed by atoms with Gasteiger partial charge in [0.05, 0.1) is 5.75 Å². The van der Waals surface area contributed by atoms with Crippen molar-refractivity contribution < 1.29 is 9.18 Å². The molecule has 130 valence electrons. The first-order valence-corrected chi connectivity index (χ1v) is 9.53. The molecule has 8 heteroatoms. The van der Waals surface area contributed by atoms with E-state index in [0.717, 1.165) is 17.8 Å². The minimum absolute atomic E-state index is 0.0999. The topological polar surface area (TPSA) is 59.8 Å². The van der Waals surface area contributed by atoms with E-state index >= 15 is 0 Å². The average Bonchev–Trinajstić information content (AvgIpc) is 3.24. The fourth-order valence-corrected chi connectivity index (χ4v) is 3.64. The lowest BCUT2D eigenvalue weighted by Gasteiger charge is -2.06. The summed E-state index contributed by atoms with van der Waals surface area (Å²) in [6, 6.07) is 10.1. The van der Waals surface area contributed by atoms with Gasteiger partial charge in [0.1, 0.15) is 11.6 Å². The number of carbonyl (C=O) groups is 1. The number of carbonyl (C=O) groups excluding carboxylic acids is 1. The Morgan fingerprint density at radius 2 is 2.08 bits per heavy atom. The number of nitrogens with one attached hydrogen (secondary N) is 1. The summed E-state index contributed by atoms with van der Waals surface area (Å²) < 4.78 is 14.8. The lowest BCUT2D eigenvalue weighted by atomic mass is 10.2. The van der Waals surface area contributed by atoms with Crippen molar-refractivity contribution in [2.24, 2.45) is 7.05 Å². The molecule has 25 heavy (non-hydrogen) atoms. The minimum Gasteiger partial charge on any atom is -0.351 e. The summed E-state index contributed by atoms with van der Waals surface area (Å²) in [4.78, 5) is 13.2. The van der Waals surface area contributed by atoms with Gasteiger partial charge in [-0.3, -0.25) is 4.79 Å². The number of halogens is 1. The largest absolute Gasteiger partial charge is 0.351 e. The van der Waals surface area contributed by atoms with Gasteiger partial charge < -0.3 is 9.88 Å². The second-order valence-electron chi connectivity index (χ2n) is 5.41. The molecule has 0 aliphatic rings. The van der Waals surface area contributed by atoms with Crippen LogP contribution in [-0.2, 0) is 24.8 Å². The number of hydrogen-bond acceptors (Lipinski definition) is 5. The number of hydrogen-bond donors (Lipinski definition) is 1. The highest BCUT2D eigenvalue weighted by atomic mass is 32.2. The number of thioether (sulfide) groups is 1. The van der Waals surface area contributed by atoms with Gasteiger partial charge in [0.15, 0.2) is 5.16 Å². The Bertz CT molecular complexity index is 831. The second-order valence-corrected chi connectivity index (χ2v) is 7.38. The van der Waals surface area contributed by atoms with Crippen LogP contribution in [0.1, 0.15) is 16.3 Å². The van der Waals surface area contributed by atoms with Gasteiger partial charge in [-0.1, -0.05) is 30.0 Å². The molecule has 2 aromatic heterocycles. The summed E-state index contributed by atoms with van der Waals surface area (Å²) in [5.41, 5.74) is 0.858. The summed E-state index contributed by atoms with van der Waals surface area (Å²) >= 11 is 3.03. The molecule has 0 saturated heterocycles. The smallest absolute Gasteiger partial charge is 0.230 e. The van der Waals surface area contributed by atoms with E-state index in [1.807, 2.05) is 23.1 Å². The first kappa shape index (κ1) is 17.6. The summed E-state index contributed by atoms with van der Waals surface area (Å²) in [5, 5.41) is 13.9. The number of rotatable bonds is 7. The van der Waals surface area contributed by atoms with Crippen LogP contribution in [0.4, 0.5) is 4.39 Å². The van der Waals surface area contributed by atoms with Crippen LogP contribution in [0.3, 0.4) is 0 Å². The Kier molecular flexibility index (Phi) is 5.83. The quantitative estimate of drug-likeness (QED) is 0.644. The van der Waals surface area contributed by atoms with Crippen molar-refractivity contribution in [2.45, 2.75) is 18.1 Å². The molecule has 0 aliphatic heterocycles. The number of aromatic nitrogens is 3. The number of nitrogens with zero attached hydrogens (tertiary/aromatic N) is 3. The van der Waals surface area contributed by atoms with Crippen molar-refractivity contribution in [3.8, 4) is 0 Å². The zero-order valence-electron chi connectivity index (χ0n) is 13.6. The van der Waals surface area contributed by atoms with Gasteiger partial charge in [0.2, 0.25) is 5.91 Å². The van der Waals surface area contributed by atoms with Gasteiger partial charge in [-0.15, -0.1) is 21.5 Å². The maximum Gasteiger partial charge on any atom is 0.230 e. The molecule has 0 unspecified atom stereocenters. The van der Waals surface area contributed by atoms with Crippen LogP contribution < -0.4 is 5.32 Å². The molecule has 3 rings (SSSR count). The van der Waals surface area contributed by atoms with E-state index in [1.165, 1.54) is 28.8 Å². The van der Waals surface area contributed by atoms with E-state index < -0.39 is 0 Å². The zero-order valence-corrected chi connectivity index (χ0v) is 15.2. The Morgan fingerprint density at radius 3 is 2.80 bits per heavy atom. The van der Waals surface area contributed by atoms with Crippen LogP contribution in [0, 0.1) is 5.82 Å². The molecule has 0 atom stereocenters. The second kappa shape index (κ2) is 8.26. The number of amides is 1. The van der Waals surface area contributed by atoms with Crippen molar-refractivity contribution in [3.63, 3.8) is 0 Å². The van der Waals surface area contributed by atoms with Crippen LogP contribution >= 0.6 is 23.1 Å². The fourth-order valence-electron chi connectivity index (χ4n) is 2.18. The minimum atomic E-state index is -0.286. The third kappa shape index (κ3) is 4.90. The van der Waals surface area contributed by atoms with E-state index in [9.17, 15) is 9.18 Å². The van der Waals surface area contributed by atoms with E-state index in [-0.39, 0.29) is 17.5 Å². The van der Waals surface area contributed by atoms with Crippen LogP contribution in [0.25, 0.3) is 0 Å². The van der Waals surface area contributed by atoms with Crippen LogP contribution in [0.2, 0.25) is 0 Å². The summed E-state index contributed by atoms with van der Waals surface area (Å²) in [6.07, 6.45) is 0.735. The van der Waals surface area contributed by atoms with Gasteiger partial charge in [0, 0.05) is 24.9 Å². The molecule has 0 radical (unpaired) electrons. The maximum absolute atomic E-state index is 12.8. The van der Waals surface area contributed by atoms with Crippen molar-refractivity contribution >= 4 is 29.0 Å². The molecule has 2 heterocycles. The Hall–Kier alpha value is -2.19. The van der Waals surface area contributed by atoms with Crippen LogP contribution in [-0.4, -0.2) is 26.4 Å². The third-order valence-corrected chi connectivity index (χ3v) is 5.47. The van der Waals surface area contributed by atoms with Crippen molar-refractivity contribution in [2.75, 3.05) is 5.75 Å². The van der Waals surface area contributed by atoms with Gasteiger partial charge in [-0.05, 0) is 29.1 Å². The maximum atomic E-state index is 12.8. The fraction of sp³-hybridized carbons (Fsp3) is 0.235. The molecule has 3 aromatic rings. The molecule has 0 bridgehead atoms. The Labute approximate surface area is 153 Å². The van der Waals surface area contributed by atoms with Crippen molar-refractivity contribution in [1.29, 1.82) is 0 Å².